The molecule has 1 aliphatic carbocycles. The minimum absolute atomic E-state index is 0.0141. The molecule has 0 radical (unpaired) electrons. The molecule has 4 aromatic rings. The van der Waals surface area contributed by atoms with Gasteiger partial charge in [-0.2, -0.15) is 18.3 Å². The van der Waals surface area contributed by atoms with Crippen molar-refractivity contribution in [2.45, 2.75) is 38.4 Å². The van der Waals surface area contributed by atoms with Gasteiger partial charge in [0, 0.05) is 11.8 Å². The van der Waals surface area contributed by atoms with Gasteiger partial charge in [-0.1, -0.05) is 24.3 Å². The summed E-state index contributed by atoms with van der Waals surface area (Å²) in [7, 11) is 0. The first-order chi connectivity index (χ1) is 16.3. The van der Waals surface area contributed by atoms with Crippen LogP contribution in [-0.2, 0) is 12.8 Å². The van der Waals surface area contributed by atoms with E-state index in [2.05, 4.69) is 16.1 Å². The smallest absolute Gasteiger partial charge is 0.415 e. The summed E-state index contributed by atoms with van der Waals surface area (Å²) in [5.41, 5.74) is 4.34. The van der Waals surface area contributed by atoms with E-state index in [0.29, 0.717) is 5.69 Å². The molecular formula is C24H20F3N5O2. The van der Waals surface area contributed by atoms with Crippen LogP contribution in [-0.4, -0.2) is 31.8 Å². The summed E-state index contributed by atoms with van der Waals surface area (Å²) in [6, 6.07) is 8.24. The number of nitrogens with zero attached hydrogens (tertiary/aromatic N) is 4. The van der Waals surface area contributed by atoms with Crippen LogP contribution in [0.5, 0.6) is 0 Å². The molecule has 34 heavy (non-hydrogen) atoms. The van der Waals surface area contributed by atoms with Crippen molar-refractivity contribution in [3.63, 3.8) is 0 Å². The maximum Gasteiger partial charge on any atom is 0.415 e. The van der Waals surface area contributed by atoms with Crippen LogP contribution in [0.3, 0.4) is 0 Å². The second kappa shape index (κ2) is 8.44. The Kier molecular flexibility index (Phi) is 5.43. The Labute approximate surface area is 192 Å². The van der Waals surface area contributed by atoms with Crippen molar-refractivity contribution in [1.29, 1.82) is 0 Å². The number of aryl methyl sites for hydroxylation is 2. The highest BCUT2D eigenvalue weighted by Gasteiger charge is 2.44. The number of halogens is 3. The molecule has 3 heterocycles. The zero-order valence-electron chi connectivity index (χ0n) is 18.1. The Balaban J connectivity index is 1.48. The minimum atomic E-state index is -4.73. The molecule has 3 aromatic heterocycles. The molecule has 0 bridgehead atoms. The Bertz CT molecular complexity index is 1350. The summed E-state index contributed by atoms with van der Waals surface area (Å²) in [6.45, 7) is 1.58. The van der Waals surface area contributed by atoms with E-state index in [1.165, 1.54) is 22.5 Å². The van der Waals surface area contributed by atoms with Crippen LogP contribution < -0.4 is 5.32 Å². The van der Waals surface area contributed by atoms with Crippen LogP contribution in [0.4, 0.5) is 13.2 Å². The first-order valence-electron chi connectivity index (χ1n) is 10.7. The summed E-state index contributed by atoms with van der Waals surface area (Å²) < 4.78 is 46.8. The van der Waals surface area contributed by atoms with Gasteiger partial charge < -0.3 is 9.73 Å². The molecule has 0 fully saturated rings. The van der Waals surface area contributed by atoms with Crippen LogP contribution in [0.25, 0.3) is 17.2 Å². The number of furan rings is 1. The normalized spacial score (nSPS) is 14.1. The number of rotatable bonds is 4. The standard InChI is InChI=1S/C24H20F3N5O2/c1-14-18(22(33)31-21(24(25,26)27)19-10-5-11-34-19)13-29-32(14)23-28-12-16-8-4-7-15-6-2-3-9-17(15)20(16)30-23/h2-3,5-6,9-13,21H,4,7-8H2,1H3,(H,31,33)/t21-/m0/s1. The van der Waals surface area contributed by atoms with Crippen molar-refractivity contribution in [2.75, 3.05) is 0 Å². The SMILES string of the molecule is Cc1c(C(=O)N[C@@H](c2ccco2)C(F)(F)F)cnn1-c1ncc2c(n1)-c1ccccc1CCC2. The van der Waals surface area contributed by atoms with Crippen molar-refractivity contribution in [3.8, 4) is 17.2 Å². The van der Waals surface area contributed by atoms with E-state index in [9.17, 15) is 18.0 Å². The number of aromatic nitrogens is 4. The zero-order valence-corrected chi connectivity index (χ0v) is 18.1. The molecule has 1 aliphatic rings. The number of benzene rings is 1. The average molecular weight is 467 g/mol. The first kappa shape index (κ1) is 21.9. The summed E-state index contributed by atoms with van der Waals surface area (Å²) in [6.07, 6.45) is 2.10. The second-order valence-electron chi connectivity index (χ2n) is 8.07. The lowest BCUT2D eigenvalue weighted by Gasteiger charge is -2.19. The van der Waals surface area contributed by atoms with Gasteiger partial charge in [0.15, 0.2) is 6.04 Å². The number of carbonyl (C=O) groups is 1. The lowest BCUT2D eigenvalue weighted by Crippen LogP contribution is -2.38. The third-order valence-corrected chi connectivity index (χ3v) is 5.89. The zero-order chi connectivity index (χ0) is 23.9. The van der Waals surface area contributed by atoms with Crippen LogP contribution in [0.2, 0.25) is 0 Å². The van der Waals surface area contributed by atoms with Gasteiger partial charge in [-0.15, -0.1) is 0 Å². The van der Waals surface area contributed by atoms with Crippen molar-refractivity contribution < 1.29 is 22.4 Å². The average Bonchev–Trinajstić information content (AvgIpc) is 3.43. The number of fused-ring (bicyclic) bond motifs is 3. The van der Waals surface area contributed by atoms with Gasteiger partial charge in [0.1, 0.15) is 5.76 Å². The van der Waals surface area contributed by atoms with Crippen LogP contribution in [0, 0.1) is 6.92 Å². The fraction of sp³-hybridized carbons (Fsp3) is 0.250. The minimum Gasteiger partial charge on any atom is -0.467 e. The van der Waals surface area contributed by atoms with Gasteiger partial charge >= 0.3 is 6.18 Å². The molecule has 1 N–H and O–H groups in total. The fourth-order valence-electron chi connectivity index (χ4n) is 4.17. The van der Waals surface area contributed by atoms with E-state index in [1.54, 1.807) is 13.1 Å². The van der Waals surface area contributed by atoms with Crippen LogP contribution >= 0.6 is 0 Å². The molecule has 1 amide bonds. The van der Waals surface area contributed by atoms with Gasteiger partial charge in [0.25, 0.3) is 11.9 Å². The maximum absolute atomic E-state index is 13.5. The molecule has 0 unspecified atom stereocenters. The number of hydrogen-bond acceptors (Lipinski definition) is 5. The van der Waals surface area contributed by atoms with E-state index >= 15 is 0 Å². The van der Waals surface area contributed by atoms with E-state index in [-0.39, 0.29) is 11.5 Å². The van der Waals surface area contributed by atoms with Crippen LogP contribution in [0.1, 0.15) is 45.4 Å². The van der Waals surface area contributed by atoms with Crippen molar-refractivity contribution in [2.24, 2.45) is 0 Å². The molecule has 174 valence electrons. The maximum atomic E-state index is 13.5. The Morgan fingerprint density at radius 2 is 1.91 bits per heavy atom. The van der Waals surface area contributed by atoms with E-state index < -0.39 is 23.9 Å². The Morgan fingerprint density at radius 3 is 2.68 bits per heavy atom. The number of amides is 1. The van der Waals surface area contributed by atoms with Gasteiger partial charge in [0.2, 0.25) is 0 Å². The first-order valence-corrected chi connectivity index (χ1v) is 10.7. The molecule has 0 saturated heterocycles. The van der Waals surface area contributed by atoms with E-state index in [4.69, 9.17) is 9.40 Å². The molecule has 5 rings (SSSR count). The third kappa shape index (κ3) is 3.95. The Hall–Kier alpha value is -3.95. The van der Waals surface area contributed by atoms with Gasteiger partial charge in [0.05, 0.1) is 29.4 Å². The van der Waals surface area contributed by atoms with Crippen LogP contribution in [0.15, 0.2) is 59.5 Å². The highest BCUT2D eigenvalue weighted by molar-refractivity contribution is 5.95. The second-order valence-corrected chi connectivity index (χ2v) is 8.07. The molecule has 0 spiro atoms. The lowest BCUT2D eigenvalue weighted by atomic mass is 10.0. The number of hydrogen-bond donors (Lipinski definition) is 1. The quantitative estimate of drug-likeness (QED) is 0.468. The van der Waals surface area contributed by atoms with E-state index in [0.717, 1.165) is 48.4 Å². The van der Waals surface area contributed by atoms with Crippen molar-refractivity contribution in [3.05, 3.63) is 83.2 Å². The topological polar surface area (TPSA) is 85.8 Å². The van der Waals surface area contributed by atoms with E-state index in [1.807, 2.05) is 23.5 Å². The molecule has 0 aliphatic heterocycles. The van der Waals surface area contributed by atoms with Crippen molar-refractivity contribution in [1.82, 2.24) is 25.1 Å². The summed E-state index contributed by atoms with van der Waals surface area (Å²) in [5.74, 6) is -1.09. The predicted octanol–water partition coefficient (Wildman–Crippen LogP) is 4.75. The molecule has 7 nitrogen and oxygen atoms in total. The lowest BCUT2D eigenvalue weighted by molar-refractivity contribution is -0.159. The third-order valence-electron chi connectivity index (χ3n) is 5.89. The Morgan fingerprint density at radius 1 is 1.12 bits per heavy atom. The fourth-order valence-corrected chi connectivity index (χ4v) is 4.17. The molecule has 1 aromatic carbocycles. The molecule has 1 atom stereocenters. The van der Waals surface area contributed by atoms with Gasteiger partial charge in [-0.05, 0) is 49.4 Å². The van der Waals surface area contributed by atoms with Crippen molar-refractivity contribution >= 4 is 5.91 Å². The summed E-state index contributed by atoms with van der Waals surface area (Å²) in [5, 5.41) is 6.19. The highest BCUT2D eigenvalue weighted by Crippen LogP contribution is 2.34. The number of nitrogens with one attached hydrogen (secondary N) is 1. The monoisotopic (exact) mass is 467 g/mol. The predicted molar refractivity (Wildman–Crippen MR) is 116 cm³/mol. The largest absolute Gasteiger partial charge is 0.467 e. The molecular weight excluding hydrogens is 447 g/mol. The molecule has 10 heteroatoms. The number of alkyl halides is 3. The van der Waals surface area contributed by atoms with Gasteiger partial charge in [-0.3, -0.25) is 4.79 Å². The van der Waals surface area contributed by atoms with Gasteiger partial charge in [-0.25, -0.2) is 14.6 Å². The number of carbonyl (C=O) groups excluding carboxylic acids is 1. The summed E-state index contributed by atoms with van der Waals surface area (Å²) >= 11 is 0. The summed E-state index contributed by atoms with van der Waals surface area (Å²) in [4.78, 5) is 21.9. The molecule has 0 saturated carbocycles. The highest BCUT2D eigenvalue weighted by atomic mass is 19.4.